The van der Waals surface area contributed by atoms with Crippen LogP contribution in [0.1, 0.15) is 24.0 Å². The SMILES string of the molecule is COOCC(C)c1cccc2cnn(Cc3ccccc3)c12. The maximum atomic E-state index is 5.10. The molecule has 1 aromatic heterocycles. The van der Waals surface area contributed by atoms with E-state index in [0.717, 1.165) is 11.9 Å². The van der Waals surface area contributed by atoms with Crippen LogP contribution in [0.2, 0.25) is 0 Å². The molecule has 4 heteroatoms. The molecular formula is C18H20N2O2. The maximum absolute atomic E-state index is 5.10. The van der Waals surface area contributed by atoms with Crippen molar-refractivity contribution in [2.45, 2.75) is 19.4 Å². The zero-order valence-electron chi connectivity index (χ0n) is 12.9. The molecule has 0 radical (unpaired) electrons. The Balaban J connectivity index is 1.97. The molecular weight excluding hydrogens is 276 g/mol. The summed E-state index contributed by atoms with van der Waals surface area (Å²) in [5.74, 6) is 0.231. The molecule has 2 aromatic carbocycles. The van der Waals surface area contributed by atoms with Crippen molar-refractivity contribution in [2.24, 2.45) is 0 Å². The van der Waals surface area contributed by atoms with Gasteiger partial charge in [-0.1, -0.05) is 55.5 Å². The number of hydrogen-bond acceptors (Lipinski definition) is 3. The van der Waals surface area contributed by atoms with Crippen LogP contribution >= 0.6 is 0 Å². The van der Waals surface area contributed by atoms with E-state index in [2.05, 4.69) is 59.2 Å². The normalized spacial score (nSPS) is 12.6. The lowest BCUT2D eigenvalue weighted by molar-refractivity contribution is -0.274. The number of rotatable bonds is 6. The number of benzene rings is 2. The van der Waals surface area contributed by atoms with Crippen LogP contribution in [0.3, 0.4) is 0 Å². The van der Waals surface area contributed by atoms with Crippen molar-refractivity contribution in [3.05, 3.63) is 65.9 Å². The van der Waals surface area contributed by atoms with Gasteiger partial charge in [-0.05, 0) is 11.1 Å². The minimum Gasteiger partial charge on any atom is -0.260 e. The van der Waals surface area contributed by atoms with E-state index < -0.39 is 0 Å². The summed E-state index contributed by atoms with van der Waals surface area (Å²) in [6.45, 7) is 3.42. The van der Waals surface area contributed by atoms with Gasteiger partial charge in [-0.25, -0.2) is 9.78 Å². The Morgan fingerprint density at radius 1 is 1.09 bits per heavy atom. The highest BCUT2D eigenvalue weighted by atomic mass is 17.2. The Bertz CT molecular complexity index is 737. The van der Waals surface area contributed by atoms with Gasteiger partial charge in [-0.15, -0.1) is 0 Å². The third-order valence-corrected chi connectivity index (χ3v) is 3.83. The van der Waals surface area contributed by atoms with E-state index in [1.165, 1.54) is 23.8 Å². The van der Waals surface area contributed by atoms with Crippen LogP contribution in [0.5, 0.6) is 0 Å². The first-order valence-corrected chi connectivity index (χ1v) is 7.43. The highest BCUT2D eigenvalue weighted by molar-refractivity contribution is 5.82. The molecule has 0 amide bonds. The predicted octanol–water partition coefficient (Wildman–Crippen LogP) is 3.77. The average Bonchev–Trinajstić information content (AvgIpc) is 2.96. The lowest BCUT2D eigenvalue weighted by atomic mass is 9.99. The maximum Gasteiger partial charge on any atom is 0.0888 e. The minimum atomic E-state index is 0.231. The highest BCUT2D eigenvalue weighted by Crippen LogP contribution is 2.26. The molecule has 0 saturated carbocycles. The first kappa shape index (κ1) is 14.8. The van der Waals surface area contributed by atoms with Gasteiger partial charge in [0, 0.05) is 11.3 Å². The van der Waals surface area contributed by atoms with E-state index >= 15 is 0 Å². The Kier molecular flexibility index (Phi) is 4.51. The molecule has 0 spiro atoms. The van der Waals surface area contributed by atoms with Gasteiger partial charge in [0.05, 0.1) is 32.0 Å². The Labute approximate surface area is 130 Å². The number of aromatic nitrogens is 2. The Morgan fingerprint density at radius 2 is 1.91 bits per heavy atom. The van der Waals surface area contributed by atoms with E-state index in [9.17, 15) is 0 Å². The van der Waals surface area contributed by atoms with E-state index in [-0.39, 0.29) is 5.92 Å². The van der Waals surface area contributed by atoms with Crippen molar-refractivity contribution >= 4 is 10.9 Å². The van der Waals surface area contributed by atoms with Gasteiger partial charge >= 0.3 is 0 Å². The zero-order valence-corrected chi connectivity index (χ0v) is 12.9. The summed E-state index contributed by atoms with van der Waals surface area (Å²) in [5, 5.41) is 5.71. The van der Waals surface area contributed by atoms with Crippen LogP contribution in [0.15, 0.2) is 54.7 Å². The molecule has 0 fully saturated rings. The second-order valence-corrected chi connectivity index (χ2v) is 5.43. The first-order valence-electron chi connectivity index (χ1n) is 7.43. The molecule has 0 N–H and O–H groups in total. The monoisotopic (exact) mass is 296 g/mol. The first-order chi connectivity index (χ1) is 10.8. The van der Waals surface area contributed by atoms with Gasteiger partial charge in [0.15, 0.2) is 0 Å². The van der Waals surface area contributed by atoms with Crippen molar-refractivity contribution < 1.29 is 9.78 Å². The number of nitrogens with zero attached hydrogens (tertiary/aromatic N) is 2. The molecule has 114 valence electrons. The van der Waals surface area contributed by atoms with Crippen LogP contribution in [-0.4, -0.2) is 23.5 Å². The fraction of sp³-hybridized carbons (Fsp3) is 0.278. The molecule has 22 heavy (non-hydrogen) atoms. The molecule has 3 rings (SSSR count). The van der Waals surface area contributed by atoms with E-state index in [1.807, 2.05) is 12.3 Å². The van der Waals surface area contributed by atoms with Gasteiger partial charge in [0.2, 0.25) is 0 Å². The van der Waals surface area contributed by atoms with Crippen LogP contribution in [0.25, 0.3) is 10.9 Å². The average molecular weight is 296 g/mol. The molecule has 0 aliphatic heterocycles. The summed E-state index contributed by atoms with van der Waals surface area (Å²) >= 11 is 0. The number of para-hydroxylation sites is 1. The van der Waals surface area contributed by atoms with Gasteiger partial charge in [0.1, 0.15) is 0 Å². The van der Waals surface area contributed by atoms with Crippen LogP contribution in [0.4, 0.5) is 0 Å². The molecule has 1 heterocycles. The lowest BCUT2D eigenvalue weighted by Gasteiger charge is -2.14. The fourth-order valence-electron chi connectivity index (χ4n) is 2.71. The summed E-state index contributed by atoms with van der Waals surface area (Å²) in [5.41, 5.74) is 3.63. The summed E-state index contributed by atoms with van der Waals surface area (Å²) in [4.78, 5) is 9.83. The van der Waals surface area contributed by atoms with Gasteiger partial charge in [0.25, 0.3) is 0 Å². The molecule has 0 bridgehead atoms. The third-order valence-electron chi connectivity index (χ3n) is 3.83. The van der Waals surface area contributed by atoms with Gasteiger partial charge < -0.3 is 0 Å². The molecule has 1 atom stereocenters. The molecule has 0 saturated heterocycles. The van der Waals surface area contributed by atoms with Crippen LogP contribution in [0, 0.1) is 0 Å². The van der Waals surface area contributed by atoms with E-state index in [0.29, 0.717) is 6.61 Å². The van der Waals surface area contributed by atoms with Crippen LogP contribution < -0.4 is 0 Å². The topological polar surface area (TPSA) is 36.3 Å². The van der Waals surface area contributed by atoms with Crippen LogP contribution in [-0.2, 0) is 16.3 Å². The zero-order chi connectivity index (χ0) is 15.4. The van der Waals surface area contributed by atoms with E-state index in [4.69, 9.17) is 9.78 Å². The van der Waals surface area contributed by atoms with Crippen molar-refractivity contribution in [1.29, 1.82) is 0 Å². The molecule has 0 aliphatic carbocycles. The van der Waals surface area contributed by atoms with Crippen molar-refractivity contribution in [2.75, 3.05) is 13.7 Å². The van der Waals surface area contributed by atoms with E-state index in [1.54, 1.807) is 0 Å². The van der Waals surface area contributed by atoms with Crippen molar-refractivity contribution in [1.82, 2.24) is 9.78 Å². The summed E-state index contributed by atoms with van der Waals surface area (Å²) in [6.07, 6.45) is 1.92. The van der Waals surface area contributed by atoms with Crippen molar-refractivity contribution in [3.63, 3.8) is 0 Å². The lowest BCUT2D eigenvalue weighted by Crippen LogP contribution is -2.08. The molecule has 4 nitrogen and oxygen atoms in total. The number of fused-ring (bicyclic) bond motifs is 1. The standard InChI is InChI=1S/C18H20N2O2/c1-14(13-22-21-2)17-10-6-9-16-11-19-20(18(16)17)12-15-7-4-3-5-8-15/h3-11,14H,12-13H2,1-2H3. The van der Waals surface area contributed by atoms with Gasteiger partial charge in [-0.3, -0.25) is 4.68 Å². The second-order valence-electron chi connectivity index (χ2n) is 5.43. The largest absolute Gasteiger partial charge is 0.260 e. The molecule has 1 unspecified atom stereocenters. The number of hydrogen-bond donors (Lipinski definition) is 0. The minimum absolute atomic E-state index is 0.231. The Morgan fingerprint density at radius 3 is 2.68 bits per heavy atom. The predicted molar refractivity (Wildman–Crippen MR) is 86.7 cm³/mol. The molecule has 3 aromatic rings. The fourth-order valence-corrected chi connectivity index (χ4v) is 2.71. The van der Waals surface area contributed by atoms with Crippen molar-refractivity contribution in [3.8, 4) is 0 Å². The summed E-state index contributed by atoms with van der Waals surface area (Å²) in [6, 6.07) is 16.7. The molecule has 0 aliphatic rings. The smallest absolute Gasteiger partial charge is 0.0888 e. The highest BCUT2D eigenvalue weighted by Gasteiger charge is 2.14. The summed E-state index contributed by atoms with van der Waals surface area (Å²) in [7, 11) is 1.53. The summed E-state index contributed by atoms with van der Waals surface area (Å²) < 4.78 is 2.06. The van der Waals surface area contributed by atoms with Gasteiger partial charge in [-0.2, -0.15) is 5.10 Å². The third kappa shape index (κ3) is 3.03. The quantitative estimate of drug-likeness (QED) is 0.513. The Hall–Kier alpha value is -2.17. The second kappa shape index (κ2) is 6.73.